The van der Waals surface area contributed by atoms with Crippen LogP contribution in [0, 0.1) is 0 Å². The number of ether oxygens (including phenoxy) is 1. The fourth-order valence-corrected chi connectivity index (χ4v) is 2.91. The molecule has 0 aromatic carbocycles. The van der Waals surface area contributed by atoms with Gasteiger partial charge in [-0.3, -0.25) is 4.90 Å². The maximum absolute atomic E-state index is 11.1. The molecule has 0 radical (unpaired) electrons. The molecular formula is C12H22N2O2. The highest BCUT2D eigenvalue weighted by atomic mass is 16.5. The lowest BCUT2D eigenvalue weighted by atomic mass is 9.94. The van der Waals surface area contributed by atoms with Gasteiger partial charge < -0.3 is 10.1 Å². The molecule has 2 rings (SSSR count). The highest BCUT2D eigenvalue weighted by Gasteiger charge is 2.29. The molecule has 1 saturated heterocycles. The van der Waals surface area contributed by atoms with Crippen LogP contribution in [-0.4, -0.2) is 43.3 Å². The molecule has 1 N–H and O–H groups in total. The summed E-state index contributed by atoms with van der Waals surface area (Å²) in [6.45, 7) is 2.12. The van der Waals surface area contributed by atoms with E-state index in [2.05, 4.69) is 15.0 Å². The zero-order chi connectivity index (χ0) is 11.4. The van der Waals surface area contributed by atoms with Gasteiger partial charge in [-0.1, -0.05) is 19.3 Å². The molecule has 1 amide bonds. The fourth-order valence-electron chi connectivity index (χ4n) is 2.91. The fraction of sp³-hybridized carbons (Fsp3) is 0.917. The van der Waals surface area contributed by atoms with Crippen LogP contribution in [0.5, 0.6) is 0 Å². The van der Waals surface area contributed by atoms with E-state index in [4.69, 9.17) is 0 Å². The Morgan fingerprint density at radius 1 is 1.25 bits per heavy atom. The first-order chi connectivity index (χ1) is 7.79. The monoisotopic (exact) mass is 226 g/mol. The summed E-state index contributed by atoms with van der Waals surface area (Å²) in [6.07, 6.45) is 7.58. The van der Waals surface area contributed by atoms with Crippen molar-refractivity contribution in [3.8, 4) is 0 Å². The number of likely N-dealkylation sites (tertiary alicyclic amines) is 1. The average molecular weight is 226 g/mol. The maximum Gasteiger partial charge on any atom is 0.407 e. The van der Waals surface area contributed by atoms with Crippen molar-refractivity contribution in [2.75, 3.05) is 20.2 Å². The maximum atomic E-state index is 11.1. The lowest BCUT2D eigenvalue weighted by molar-refractivity contribution is 0.162. The van der Waals surface area contributed by atoms with Crippen molar-refractivity contribution in [2.45, 2.75) is 50.6 Å². The molecule has 0 aromatic rings. The Morgan fingerprint density at radius 2 is 2.00 bits per heavy atom. The zero-order valence-corrected chi connectivity index (χ0v) is 10.1. The second kappa shape index (κ2) is 5.53. The number of alkyl carbamates (subject to hydrolysis) is 1. The van der Waals surface area contributed by atoms with Crippen LogP contribution < -0.4 is 5.32 Å². The number of hydrogen-bond donors (Lipinski definition) is 1. The SMILES string of the molecule is COC(=O)NC1CCN(C2CCCCC2)C1. The van der Waals surface area contributed by atoms with E-state index < -0.39 is 0 Å². The zero-order valence-electron chi connectivity index (χ0n) is 10.1. The smallest absolute Gasteiger partial charge is 0.407 e. The summed E-state index contributed by atoms with van der Waals surface area (Å²) in [5.41, 5.74) is 0. The van der Waals surface area contributed by atoms with Gasteiger partial charge in [0.15, 0.2) is 0 Å². The van der Waals surface area contributed by atoms with Crippen molar-refractivity contribution in [3.05, 3.63) is 0 Å². The molecule has 1 atom stereocenters. The van der Waals surface area contributed by atoms with Crippen LogP contribution in [0.4, 0.5) is 4.79 Å². The summed E-state index contributed by atoms with van der Waals surface area (Å²) in [6, 6.07) is 1.05. The first kappa shape index (κ1) is 11.7. The Kier molecular flexibility index (Phi) is 4.04. The van der Waals surface area contributed by atoms with Gasteiger partial charge in [0.2, 0.25) is 0 Å². The van der Waals surface area contributed by atoms with Crippen LogP contribution in [0.25, 0.3) is 0 Å². The normalized spacial score (nSPS) is 27.9. The largest absolute Gasteiger partial charge is 0.453 e. The summed E-state index contributed by atoms with van der Waals surface area (Å²) in [5, 5.41) is 2.89. The van der Waals surface area contributed by atoms with E-state index in [1.54, 1.807) is 0 Å². The number of carbonyl (C=O) groups excluding carboxylic acids is 1. The number of nitrogens with zero attached hydrogens (tertiary/aromatic N) is 1. The van der Waals surface area contributed by atoms with Crippen LogP contribution >= 0.6 is 0 Å². The molecule has 0 spiro atoms. The van der Waals surface area contributed by atoms with Crippen LogP contribution in [0.1, 0.15) is 38.5 Å². The Morgan fingerprint density at radius 3 is 2.69 bits per heavy atom. The number of nitrogens with one attached hydrogen (secondary N) is 1. The summed E-state index contributed by atoms with van der Waals surface area (Å²) in [7, 11) is 1.42. The number of methoxy groups -OCH3 is 1. The minimum absolute atomic E-state index is 0.286. The standard InChI is InChI=1S/C12H22N2O2/c1-16-12(15)13-10-7-8-14(9-10)11-5-3-2-4-6-11/h10-11H,2-9H2,1H3,(H,13,15). The Labute approximate surface area is 97.3 Å². The Balaban J connectivity index is 1.76. The number of hydrogen-bond acceptors (Lipinski definition) is 3. The summed E-state index contributed by atoms with van der Waals surface area (Å²) in [4.78, 5) is 13.6. The molecule has 2 aliphatic rings. The van der Waals surface area contributed by atoms with Gasteiger partial charge in [0, 0.05) is 25.2 Å². The van der Waals surface area contributed by atoms with Gasteiger partial charge in [-0.05, 0) is 19.3 Å². The highest BCUT2D eigenvalue weighted by Crippen LogP contribution is 2.25. The molecule has 1 saturated carbocycles. The van der Waals surface area contributed by atoms with Crippen molar-refractivity contribution in [1.29, 1.82) is 0 Å². The Bertz CT molecular complexity index is 239. The van der Waals surface area contributed by atoms with Crippen molar-refractivity contribution in [3.63, 3.8) is 0 Å². The number of amides is 1. The van der Waals surface area contributed by atoms with E-state index in [9.17, 15) is 4.79 Å². The molecule has 1 aliphatic heterocycles. The number of rotatable bonds is 2. The second-order valence-electron chi connectivity index (χ2n) is 4.91. The van der Waals surface area contributed by atoms with Crippen molar-refractivity contribution in [1.82, 2.24) is 10.2 Å². The summed E-state index contributed by atoms with van der Waals surface area (Å²) >= 11 is 0. The van der Waals surface area contributed by atoms with Crippen molar-refractivity contribution in [2.24, 2.45) is 0 Å². The first-order valence-electron chi connectivity index (χ1n) is 6.38. The molecule has 1 aliphatic carbocycles. The molecule has 16 heavy (non-hydrogen) atoms. The average Bonchev–Trinajstić information content (AvgIpc) is 2.78. The molecule has 0 bridgehead atoms. The van der Waals surface area contributed by atoms with E-state index in [0.29, 0.717) is 0 Å². The third-order valence-electron chi connectivity index (χ3n) is 3.82. The third-order valence-corrected chi connectivity index (χ3v) is 3.82. The van der Waals surface area contributed by atoms with Gasteiger partial charge >= 0.3 is 6.09 Å². The summed E-state index contributed by atoms with van der Waals surface area (Å²) in [5.74, 6) is 0. The molecule has 1 unspecified atom stereocenters. The van der Waals surface area contributed by atoms with E-state index in [1.165, 1.54) is 39.2 Å². The van der Waals surface area contributed by atoms with Crippen LogP contribution in [0.15, 0.2) is 0 Å². The topological polar surface area (TPSA) is 41.6 Å². The van der Waals surface area contributed by atoms with Gasteiger partial charge in [0.25, 0.3) is 0 Å². The predicted octanol–water partition coefficient (Wildman–Crippen LogP) is 1.75. The van der Waals surface area contributed by atoms with Crippen LogP contribution in [0.3, 0.4) is 0 Å². The molecule has 2 fully saturated rings. The van der Waals surface area contributed by atoms with E-state index in [1.807, 2.05) is 0 Å². The third kappa shape index (κ3) is 2.88. The van der Waals surface area contributed by atoms with Crippen LogP contribution in [-0.2, 0) is 4.74 Å². The highest BCUT2D eigenvalue weighted by molar-refractivity contribution is 5.67. The minimum atomic E-state index is -0.296. The van der Waals surface area contributed by atoms with E-state index in [-0.39, 0.29) is 12.1 Å². The predicted molar refractivity (Wildman–Crippen MR) is 62.4 cm³/mol. The molecule has 4 heteroatoms. The van der Waals surface area contributed by atoms with E-state index in [0.717, 1.165) is 25.6 Å². The Hall–Kier alpha value is -0.770. The van der Waals surface area contributed by atoms with Crippen molar-refractivity contribution < 1.29 is 9.53 Å². The summed E-state index contributed by atoms with van der Waals surface area (Å²) < 4.78 is 4.62. The molecule has 92 valence electrons. The lowest BCUT2D eigenvalue weighted by Crippen LogP contribution is -2.40. The first-order valence-corrected chi connectivity index (χ1v) is 6.38. The quantitative estimate of drug-likeness (QED) is 0.780. The van der Waals surface area contributed by atoms with Gasteiger partial charge in [0.05, 0.1) is 7.11 Å². The van der Waals surface area contributed by atoms with Gasteiger partial charge in [-0.2, -0.15) is 0 Å². The minimum Gasteiger partial charge on any atom is -0.453 e. The molecular weight excluding hydrogens is 204 g/mol. The van der Waals surface area contributed by atoms with Gasteiger partial charge in [-0.15, -0.1) is 0 Å². The van der Waals surface area contributed by atoms with Gasteiger partial charge in [-0.25, -0.2) is 4.79 Å². The molecule has 1 heterocycles. The second-order valence-corrected chi connectivity index (χ2v) is 4.91. The van der Waals surface area contributed by atoms with Gasteiger partial charge in [0.1, 0.15) is 0 Å². The lowest BCUT2D eigenvalue weighted by Gasteiger charge is -2.30. The number of carbonyl (C=O) groups is 1. The van der Waals surface area contributed by atoms with Crippen molar-refractivity contribution >= 4 is 6.09 Å². The van der Waals surface area contributed by atoms with E-state index >= 15 is 0 Å². The molecule has 4 nitrogen and oxygen atoms in total. The van der Waals surface area contributed by atoms with Crippen LogP contribution in [0.2, 0.25) is 0 Å². The molecule has 0 aromatic heterocycles.